The minimum absolute atomic E-state index is 0.0527. The van der Waals surface area contributed by atoms with Crippen molar-refractivity contribution >= 4 is 39.1 Å². The third-order valence-electron chi connectivity index (χ3n) is 6.16. The van der Waals surface area contributed by atoms with Gasteiger partial charge in [-0.2, -0.15) is 0 Å². The maximum absolute atomic E-state index is 13.9. The summed E-state index contributed by atoms with van der Waals surface area (Å²) < 4.78 is 28.7. The number of carbonyl (C=O) groups is 2. The second kappa shape index (κ2) is 12.9. The number of aryl methyl sites for hydroxylation is 2. The lowest BCUT2D eigenvalue weighted by molar-refractivity contribution is -0.140. The zero-order valence-electron chi connectivity index (χ0n) is 22.1. The standard InChI is InChI=1S/C29H34ClN3O4S/c1-5-27(29(35)31-6-2)32(19-23-10-7-9-22(4)17-23)28(34)20-33(25-12-8-11-24(30)18-25)38(36,37)26-15-13-21(3)14-16-26/h7-18,27H,5-6,19-20H2,1-4H3,(H,31,35)/t27-/m0/s1. The quantitative estimate of drug-likeness (QED) is 0.357. The number of rotatable bonds is 11. The summed E-state index contributed by atoms with van der Waals surface area (Å²) in [4.78, 5) is 28.4. The molecule has 1 N–H and O–H groups in total. The maximum atomic E-state index is 13.9. The van der Waals surface area contributed by atoms with Crippen LogP contribution in [0.1, 0.15) is 37.0 Å². The molecule has 0 unspecified atom stereocenters. The predicted molar refractivity (Wildman–Crippen MR) is 152 cm³/mol. The van der Waals surface area contributed by atoms with Crippen molar-refractivity contribution in [1.29, 1.82) is 0 Å². The van der Waals surface area contributed by atoms with Crippen molar-refractivity contribution in [3.05, 3.63) is 94.5 Å². The van der Waals surface area contributed by atoms with Crippen molar-refractivity contribution in [2.24, 2.45) is 0 Å². The van der Waals surface area contributed by atoms with Crippen LogP contribution < -0.4 is 9.62 Å². The Morgan fingerprint density at radius 2 is 1.61 bits per heavy atom. The van der Waals surface area contributed by atoms with Crippen LogP contribution in [0, 0.1) is 13.8 Å². The number of nitrogens with one attached hydrogen (secondary N) is 1. The first-order chi connectivity index (χ1) is 18.1. The Morgan fingerprint density at radius 3 is 2.21 bits per heavy atom. The number of anilines is 1. The lowest BCUT2D eigenvalue weighted by Crippen LogP contribution is -2.52. The average molecular weight is 556 g/mol. The molecule has 0 heterocycles. The molecule has 202 valence electrons. The van der Waals surface area contributed by atoms with Gasteiger partial charge in [0, 0.05) is 18.1 Å². The van der Waals surface area contributed by atoms with E-state index in [1.807, 2.05) is 52.0 Å². The number of nitrogens with zero attached hydrogens (tertiary/aromatic N) is 2. The Bertz CT molecular complexity index is 1380. The highest BCUT2D eigenvalue weighted by molar-refractivity contribution is 7.92. The van der Waals surface area contributed by atoms with E-state index >= 15 is 0 Å². The Labute approximate surface area is 230 Å². The van der Waals surface area contributed by atoms with Gasteiger partial charge in [0.25, 0.3) is 10.0 Å². The first-order valence-corrected chi connectivity index (χ1v) is 14.4. The van der Waals surface area contributed by atoms with Crippen LogP contribution in [0.25, 0.3) is 0 Å². The number of hydrogen-bond acceptors (Lipinski definition) is 4. The summed E-state index contributed by atoms with van der Waals surface area (Å²) in [6.07, 6.45) is 0.366. The van der Waals surface area contributed by atoms with Crippen LogP contribution in [0.3, 0.4) is 0 Å². The molecule has 0 spiro atoms. The van der Waals surface area contributed by atoms with Crippen LogP contribution in [-0.2, 0) is 26.2 Å². The van der Waals surface area contributed by atoms with Gasteiger partial charge in [0.05, 0.1) is 10.6 Å². The molecule has 3 aromatic carbocycles. The van der Waals surface area contributed by atoms with Gasteiger partial charge >= 0.3 is 0 Å². The van der Waals surface area contributed by atoms with Crippen molar-refractivity contribution in [3.8, 4) is 0 Å². The van der Waals surface area contributed by atoms with Gasteiger partial charge in [-0.15, -0.1) is 0 Å². The Morgan fingerprint density at radius 1 is 0.921 bits per heavy atom. The van der Waals surface area contributed by atoms with E-state index in [1.54, 1.807) is 30.3 Å². The van der Waals surface area contributed by atoms with Crippen molar-refractivity contribution in [2.45, 2.75) is 51.6 Å². The monoisotopic (exact) mass is 555 g/mol. The van der Waals surface area contributed by atoms with E-state index in [9.17, 15) is 18.0 Å². The molecule has 0 aliphatic carbocycles. The van der Waals surface area contributed by atoms with Gasteiger partial charge < -0.3 is 10.2 Å². The lowest BCUT2D eigenvalue weighted by atomic mass is 10.1. The van der Waals surface area contributed by atoms with E-state index in [0.717, 1.165) is 21.0 Å². The van der Waals surface area contributed by atoms with Crippen molar-refractivity contribution in [3.63, 3.8) is 0 Å². The Hall–Kier alpha value is -3.36. The first-order valence-electron chi connectivity index (χ1n) is 12.5. The minimum atomic E-state index is -4.13. The summed E-state index contributed by atoms with van der Waals surface area (Å²) in [5.41, 5.74) is 3.03. The van der Waals surface area contributed by atoms with Gasteiger partial charge in [-0.05, 0) is 63.1 Å². The number of carbonyl (C=O) groups excluding carboxylic acids is 2. The molecule has 1 atom stereocenters. The topological polar surface area (TPSA) is 86.8 Å². The molecule has 0 saturated heterocycles. The van der Waals surface area contributed by atoms with E-state index in [1.165, 1.54) is 23.1 Å². The van der Waals surface area contributed by atoms with E-state index in [0.29, 0.717) is 18.0 Å². The SMILES string of the molecule is CCNC(=O)[C@H](CC)N(Cc1cccc(C)c1)C(=O)CN(c1cccc(Cl)c1)S(=O)(=O)c1ccc(C)cc1. The highest BCUT2D eigenvalue weighted by Gasteiger charge is 2.33. The lowest BCUT2D eigenvalue weighted by Gasteiger charge is -2.33. The van der Waals surface area contributed by atoms with E-state index in [-0.39, 0.29) is 23.0 Å². The molecule has 7 nitrogen and oxygen atoms in total. The van der Waals surface area contributed by atoms with E-state index < -0.39 is 28.5 Å². The Balaban J connectivity index is 2.06. The molecule has 0 radical (unpaired) electrons. The van der Waals surface area contributed by atoms with Crippen LogP contribution in [0.5, 0.6) is 0 Å². The number of halogens is 1. The molecule has 0 bridgehead atoms. The average Bonchev–Trinajstić information content (AvgIpc) is 2.87. The number of likely N-dealkylation sites (N-methyl/N-ethyl adjacent to an activating group) is 1. The fraction of sp³-hybridized carbons (Fsp3) is 0.310. The third-order valence-corrected chi connectivity index (χ3v) is 8.18. The van der Waals surface area contributed by atoms with Gasteiger partial charge in [0.1, 0.15) is 12.6 Å². The zero-order chi connectivity index (χ0) is 27.9. The second-order valence-corrected chi connectivity index (χ2v) is 11.4. The van der Waals surface area contributed by atoms with E-state index in [2.05, 4.69) is 5.32 Å². The summed E-state index contributed by atoms with van der Waals surface area (Å²) in [5, 5.41) is 3.14. The molecule has 0 aromatic heterocycles. The van der Waals surface area contributed by atoms with E-state index in [4.69, 9.17) is 11.6 Å². The van der Waals surface area contributed by atoms with Crippen LogP contribution >= 0.6 is 11.6 Å². The zero-order valence-corrected chi connectivity index (χ0v) is 23.7. The Kier molecular flexibility index (Phi) is 9.94. The fourth-order valence-corrected chi connectivity index (χ4v) is 5.81. The molecule has 3 aromatic rings. The molecule has 9 heteroatoms. The molecule has 0 aliphatic heterocycles. The van der Waals surface area contributed by atoms with Gasteiger partial charge in [0.2, 0.25) is 11.8 Å². The van der Waals surface area contributed by atoms with Crippen LogP contribution in [0.4, 0.5) is 5.69 Å². The van der Waals surface area contributed by atoms with Gasteiger partial charge in [-0.1, -0.05) is 72.1 Å². The van der Waals surface area contributed by atoms with Gasteiger partial charge in [0.15, 0.2) is 0 Å². The summed E-state index contributed by atoms with van der Waals surface area (Å²) in [6, 6.07) is 19.7. The molecule has 0 fully saturated rings. The third kappa shape index (κ3) is 7.14. The summed E-state index contributed by atoms with van der Waals surface area (Å²) in [5.74, 6) is -0.785. The van der Waals surface area contributed by atoms with Gasteiger partial charge in [-0.3, -0.25) is 13.9 Å². The minimum Gasteiger partial charge on any atom is -0.355 e. The fourth-order valence-electron chi connectivity index (χ4n) is 4.22. The van der Waals surface area contributed by atoms with Gasteiger partial charge in [-0.25, -0.2) is 8.42 Å². The number of sulfonamides is 1. The summed E-state index contributed by atoms with van der Waals surface area (Å²) in [7, 11) is -4.13. The number of benzene rings is 3. The molecule has 38 heavy (non-hydrogen) atoms. The second-order valence-electron chi connectivity index (χ2n) is 9.13. The van der Waals surface area contributed by atoms with Crippen LogP contribution in [-0.4, -0.2) is 44.3 Å². The van der Waals surface area contributed by atoms with Crippen molar-refractivity contribution in [1.82, 2.24) is 10.2 Å². The molecule has 2 amide bonds. The summed E-state index contributed by atoms with van der Waals surface area (Å²) in [6.45, 7) is 7.52. The number of amides is 2. The normalized spacial score (nSPS) is 12.0. The molecule has 0 saturated carbocycles. The predicted octanol–water partition coefficient (Wildman–Crippen LogP) is 5.10. The molecular weight excluding hydrogens is 522 g/mol. The van der Waals surface area contributed by atoms with Crippen LogP contribution in [0.15, 0.2) is 77.7 Å². The summed E-state index contributed by atoms with van der Waals surface area (Å²) >= 11 is 6.21. The maximum Gasteiger partial charge on any atom is 0.264 e. The number of hydrogen-bond donors (Lipinski definition) is 1. The highest BCUT2D eigenvalue weighted by Crippen LogP contribution is 2.27. The molecule has 3 rings (SSSR count). The smallest absolute Gasteiger partial charge is 0.264 e. The molecule has 0 aliphatic rings. The van der Waals surface area contributed by atoms with Crippen molar-refractivity contribution in [2.75, 3.05) is 17.4 Å². The first kappa shape index (κ1) is 29.2. The highest BCUT2D eigenvalue weighted by atomic mass is 35.5. The molecular formula is C29H34ClN3O4S. The van der Waals surface area contributed by atoms with Crippen molar-refractivity contribution < 1.29 is 18.0 Å². The van der Waals surface area contributed by atoms with Crippen LogP contribution in [0.2, 0.25) is 5.02 Å². The largest absolute Gasteiger partial charge is 0.355 e.